The minimum absolute atomic E-state index is 0.0530. The van der Waals surface area contributed by atoms with Gasteiger partial charge in [-0.1, -0.05) is 28.9 Å². The molecule has 0 aliphatic carbocycles. The fourth-order valence-electron chi connectivity index (χ4n) is 3.93. The summed E-state index contributed by atoms with van der Waals surface area (Å²) in [5, 5.41) is 8.11. The lowest BCUT2D eigenvalue weighted by Gasteiger charge is -2.18. The molecule has 11 heteroatoms. The summed E-state index contributed by atoms with van der Waals surface area (Å²) < 4.78 is 33.1. The van der Waals surface area contributed by atoms with E-state index >= 15 is 0 Å². The fourth-order valence-corrected chi connectivity index (χ4v) is 6.44. The Morgan fingerprint density at radius 2 is 1.91 bits per heavy atom. The molecule has 0 spiro atoms. The predicted octanol–water partition coefficient (Wildman–Crippen LogP) is 5.42. The van der Waals surface area contributed by atoms with Gasteiger partial charge in [0, 0.05) is 18.3 Å². The molecule has 0 aliphatic heterocycles. The summed E-state index contributed by atoms with van der Waals surface area (Å²) in [6.07, 6.45) is 1.75. The van der Waals surface area contributed by atoms with E-state index in [1.807, 2.05) is 39.0 Å². The van der Waals surface area contributed by atoms with E-state index in [2.05, 4.69) is 26.2 Å². The lowest BCUT2D eigenvalue weighted by Crippen LogP contribution is -2.25. The molecule has 2 N–H and O–H groups in total. The van der Waals surface area contributed by atoms with Crippen molar-refractivity contribution in [3.8, 4) is 11.3 Å². The molecule has 0 unspecified atom stereocenters. The first-order valence-corrected chi connectivity index (χ1v) is 13.4. The molecule has 1 aromatic carbocycles. The summed E-state index contributed by atoms with van der Waals surface area (Å²) in [4.78, 5) is 17.4. The zero-order valence-electron chi connectivity index (χ0n) is 19.5. The largest absolute Gasteiger partial charge is 0.347 e. The van der Waals surface area contributed by atoms with Crippen molar-refractivity contribution >= 4 is 44.8 Å². The summed E-state index contributed by atoms with van der Waals surface area (Å²) >= 11 is 7.06. The smallest absolute Gasteiger partial charge is 0.265 e. The van der Waals surface area contributed by atoms with E-state index in [4.69, 9.17) is 16.1 Å². The molecule has 0 radical (unpaired) electrons. The van der Waals surface area contributed by atoms with Gasteiger partial charge >= 0.3 is 0 Å². The maximum absolute atomic E-state index is 13.0. The number of halogens is 1. The Labute approximate surface area is 212 Å². The van der Waals surface area contributed by atoms with Crippen LogP contribution in [-0.4, -0.2) is 24.5 Å². The average Bonchev–Trinajstić information content (AvgIpc) is 3.43. The van der Waals surface area contributed by atoms with E-state index < -0.39 is 15.9 Å². The highest BCUT2D eigenvalue weighted by molar-refractivity contribution is 7.93. The van der Waals surface area contributed by atoms with Gasteiger partial charge in [-0.15, -0.1) is 11.3 Å². The third-order valence-electron chi connectivity index (χ3n) is 5.62. The topological polar surface area (TPSA) is 114 Å². The van der Waals surface area contributed by atoms with Crippen LogP contribution in [0.3, 0.4) is 0 Å². The first-order chi connectivity index (χ1) is 16.6. The molecule has 4 rings (SSSR count). The molecule has 0 bridgehead atoms. The number of aryl methyl sites for hydroxylation is 3. The molecular formula is C24H23ClN4O4S2. The summed E-state index contributed by atoms with van der Waals surface area (Å²) in [5.74, 6) is -0.700. The van der Waals surface area contributed by atoms with Crippen LogP contribution in [0.5, 0.6) is 0 Å². The number of rotatable bonds is 7. The van der Waals surface area contributed by atoms with E-state index in [1.54, 1.807) is 13.1 Å². The number of carbonyl (C=O) groups is 1. The van der Waals surface area contributed by atoms with E-state index in [0.29, 0.717) is 5.69 Å². The Hall–Kier alpha value is -3.21. The van der Waals surface area contributed by atoms with Gasteiger partial charge in [-0.05, 0) is 73.5 Å². The maximum Gasteiger partial charge on any atom is 0.265 e. The van der Waals surface area contributed by atoms with E-state index in [9.17, 15) is 13.2 Å². The van der Waals surface area contributed by atoms with Gasteiger partial charge in [0.05, 0.1) is 5.69 Å². The highest BCUT2D eigenvalue weighted by Gasteiger charge is 2.27. The van der Waals surface area contributed by atoms with Gasteiger partial charge in [-0.25, -0.2) is 13.1 Å². The second-order valence-corrected chi connectivity index (χ2v) is 11.0. The molecule has 0 aliphatic rings. The molecule has 182 valence electrons. The molecule has 0 saturated heterocycles. The monoisotopic (exact) mass is 530 g/mol. The van der Waals surface area contributed by atoms with Crippen molar-refractivity contribution in [2.45, 2.75) is 39.1 Å². The lowest BCUT2D eigenvalue weighted by atomic mass is 9.91. The van der Waals surface area contributed by atoms with Crippen molar-refractivity contribution in [2.24, 2.45) is 0 Å². The molecule has 8 nitrogen and oxygen atoms in total. The number of carbonyl (C=O) groups excluding carboxylic acids is 1. The number of hydrogen-bond acceptors (Lipinski definition) is 7. The Balaban J connectivity index is 1.58. The zero-order valence-corrected chi connectivity index (χ0v) is 21.9. The van der Waals surface area contributed by atoms with Crippen LogP contribution in [0.4, 0.5) is 5.88 Å². The fraction of sp³-hybridized carbons (Fsp3) is 0.208. The normalized spacial score (nSPS) is 11.5. The van der Waals surface area contributed by atoms with Crippen LogP contribution < -0.4 is 10.0 Å². The summed E-state index contributed by atoms with van der Waals surface area (Å²) in [5.41, 5.74) is 6.30. The molecule has 35 heavy (non-hydrogen) atoms. The van der Waals surface area contributed by atoms with E-state index in [1.165, 1.54) is 11.4 Å². The Bertz CT molecular complexity index is 1510. The SMILES string of the molecule is Cc1cc(C)c(-c2ccccn2)c(C)c1CNC(=O)c1sccc1S(=O)(=O)Nc1onc(C)c1Cl. The summed E-state index contributed by atoms with van der Waals surface area (Å²) in [7, 11) is -4.13. The van der Waals surface area contributed by atoms with Gasteiger partial charge in [0.15, 0.2) is 0 Å². The summed E-state index contributed by atoms with van der Waals surface area (Å²) in [6.45, 7) is 7.83. The molecule has 1 amide bonds. The minimum atomic E-state index is -4.13. The van der Waals surface area contributed by atoms with Crippen LogP contribution in [0.2, 0.25) is 5.02 Å². The number of thiophene rings is 1. The van der Waals surface area contributed by atoms with Gasteiger partial charge in [0.1, 0.15) is 20.5 Å². The van der Waals surface area contributed by atoms with Gasteiger partial charge < -0.3 is 9.84 Å². The van der Waals surface area contributed by atoms with Gasteiger partial charge in [0.25, 0.3) is 21.8 Å². The third kappa shape index (κ3) is 4.95. The van der Waals surface area contributed by atoms with Crippen molar-refractivity contribution in [3.05, 3.63) is 79.8 Å². The number of nitrogens with one attached hydrogen (secondary N) is 2. The van der Waals surface area contributed by atoms with Gasteiger partial charge in [-0.3, -0.25) is 9.78 Å². The van der Waals surface area contributed by atoms with Crippen molar-refractivity contribution in [1.29, 1.82) is 0 Å². The van der Waals surface area contributed by atoms with Gasteiger partial charge in [0.2, 0.25) is 0 Å². The van der Waals surface area contributed by atoms with Crippen LogP contribution in [0, 0.1) is 27.7 Å². The number of hydrogen-bond donors (Lipinski definition) is 2. The zero-order chi connectivity index (χ0) is 25.3. The molecule has 4 aromatic rings. The first-order valence-electron chi connectivity index (χ1n) is 10.6. The van der Waals surface area contributed by atoms with Crippen molar-refractivity contribution in [1.82, 2.24) is 15.5 Å². The number of pyridine rings is 1. The van der Waals surface area contributed by atoms with Crippen LogP contribution >= 0.6 is 22.9 Å². The molecule has 0 fully saturated rings. The number of anilines is 1. The predicted molar refractivity (Wildman–Crippen MR) is 136 cm³/mol. The van der Waals surface area contributed by atoms with Crippen molar-refractivity contribution in [2.75, 3.05) is 4.72 Å². The maximum atomic E-state index is 13.0. The highest BCUT2D eigenvalue weighted by Crippen LogP contribution is 2.32. The van der Waals surface area contributed by atoms with E-state index in [0.717, 1.165) is 44.8 Å². The van der Waals surface area contributed by atoms with Gasteiger partial charge in [-0.2, -0.15) is 0 Å². The van der Waals surface area contributed by atoms with Crippen LogP contribution in [0.1, 0.15) is 37.6 Å². The van der Waals surface area contributed by atoms with E-state index in [-0.39, 0.29) is 27.2 Å². The molecule has 3 heterocycles. The number of amides is 1. The Morgan fingerprint density at radius 1 is 1.14 bits per heavy atom. The molecule has 3 aromatic heterocycles. The number of sulfonamides is 1. The first kappa shape index (κ1) is 24.9. The molecule has 0 atom stereocenters. The Kier molecular flexibility index (Phi) is 6.98. The Morgan fingerprint density at radius 3 is 2.57 bits per heavy atom. The lowest BCUT2D eigenvalue weighted by molar-refractivity contribution is 0.0952. The third-order valence-corrected chi connectivity index (χ3v) is 8.48. The molecular weight excluding hydrogens is 508 g/mol. The standard InChI is InChI=1S/C24H23ClN4O4S2/c1-13-11-14(2)20(18-7-5-6-9-26-18)15(3)17(13)12-27-23(30)22-19(8-10-34-22)35(31,32)29-24-21(25)16(4)28-33-24/h5-11,29H,12H2,1-4H3,(H,27,30). The van der Waals surface area contributed by atoms with Crippen molar-refractivity contribution in [3.63, 3.8) is 0 Å². The minimum Gasteiger partial charge on any atom is -0.347 e. The highest BCUT2D eigenvalue weighted by atomic mass is 35.5. The van der Waals surface area contributed by atoms with Crippen LogP contribution in [-0.2, 0) is 16.6 Å². The number of benzene rings is 1. The van der Waals surface area contributed by atoms with Crippen LogP contribution in [0.15, 0.2) is 51.3 Å². The average molecular weight is 531 g/mol. The van der Waals surface area contributed by atoms with Crippen LogP contribution in [0.25, 0.3) is 11.3 Å². The number of nitrogens with zero attached hydrogens (tertiary/aromatic N) is 2. The number of aromatic nitrogens is 2. The second-order valence-electron chi connectivity index (χ2n) is 8.02. The summed E-state index contributed by atoms with van der Waals surface area (Å²) in [6, 6.07) is 9.17. The molecule has 0 saturated carbocycles. The van der Waals surface area contributed by atoms with Crippen molar-refractivity contribution < 1.29 is 17.7 Å². The quantitative estimate of drug-likeness (QED) is 0.330. The second kappa shape index (κ2) is 9.80.